The number of benzene rings is 3. The molecule has 0 fully saturated rings. The number of hydrazone groups is 1. The number of hydrogen-bond acceptors (Lipinski definition) is 7. The minimum Gasteiger partial charge on any atom is -0.490 e. The Hall–Kier alpha value is -3.97. The number of ether oxygens (including phenoxy) is 2. The number of nitrogens with one attached hydrogen (secondary N) is 2. The lowest BCUT2D eigenvalue weighted by molar-refractivity contribution is -0.137. The van der Waals surface area contributed by atoms with Crippen molar-refractivity contribution in [1.29, 1.82) is 0 Å². The van der Waals surface area contributed by atoms with Crippen molar-refractivity contribution in [3.8, 4) is 11.5 Å². The van der Waals surface area contributed by atoms with Crippen molar-refractivity contribution in [1.82, 2.24) is 10.4 Å². The molecular weight excluding hydrogens is 628 g/mol. The molecule has 214 valence electrons. The number of hydrogen-bond donors (Lipinski definition) is 2. The van der Waals surface area contributed by atoms with Crippen molar-refractivity contribution in [2.24, 2.45) is 5.10 Å². The maximum absolute atomic E-state index is 14.0. The second kappa shape index (κ2) is 13.6. The van der Waals surface area contributed by atoms with E-state index in [-0.39, 0.29) is 24.5 Å². The highest BCUT2D eigenvalue weighted by Gasteiger charge is 2.30. The number of thiazole rings is 1. The van der Waals surface area contributed by atoms with Gasteiger partial charge < -0.3 is 14.8 Å². The van der Waals surface area contributed by atoms with E-state index in [0.717, 1.165) is 23.5 Å². The second-order valence-electron chi connectivity index (χ2n) is 8.46. The average molecular weight is 651 g/mol. The fourth-order valence-corrected chi connectivity index (χ4v) is 4.86. The second-order valence-corrected chi connectivity index (χ2v) is 10.2. The summed E-state index contributed by atoms with van der Waals surface area (Å²) >= 11 is 4.61. The summed E-state index contributed by atoms with van der Waals surface area (Å²) in [5, 5.41) is 8.78. The fourth-order valence-electron chi connectivity index (χ4n) is 3.56. The fraction of sp³-hybridized carbons (Fsp3) is 0.179. The highest BCUT2D eigenvalue weighted by Crippen LogP contribution is 2.37. The number of anilines is 2. The molecule has 2 N–H and O–H groups in total. The van der Waals surface area contributed by atoms with E-state index in [0.29, 0.717) is 44.5 Å². The number of carbonyl (C=O) groups excluding carboxylic acids is 1. The van der Waals surface area contributed by atoms with Crippen LogP contribution in [0.5, 0.6) is 11.5 Å². The molecule has 0 spiro atoms. The maximum Gasteiger partial charge on any atom is 0.416 e. The molecule has 1 amide bonds. The van der Waals surface area contributed by atoms with Gasteiger partial charge in [-0.05, 0) is 64.8 Å². The molecule has 0 radical (unpaired) electrons. The van der Waals surface area contributed by atoms with Gasteiger partial charge in [0.2, 0.25) is 5.91 Å². The number of rotatable bonds is 11. The van der Waals surface area contributed by atoms with Crippen LogP contribution in [0.25, 0.3) is 0 Å². The highest BCUT2D eigenvalue weighted by molar-refractivity contribution is 9.10. The topological polar surface area (TPSA) is 84.8 Å². The van der Waals surface area contributed by atoms with Crippen molar-refractivity contribution < 1.29 is 31.8 Å². The highest BCUT2D eigenvalue weighted by atomic mass is 79.9. The summed E-state index contributed by atoms with van der Waals surface area (Å²) < 4.78 is 64.8. The monoisotopic (exact) mass is 650 g/mol. The minimum absolute atomic E-state index is 0.00262. The van der Waals surface area contributed by atoms with Crippen molar-refractivity contribution in [3.05, 3.63) is 98.7 Å². The molecule has 4 rings (SSSR count). The van der Waals surface area contributed by atoms with Crippen LogP contribution in [-0.2, 0) is 24.0 Å². The van der Waals surface area contributed by atoms with Crippen LogP contribution in [0.2, 0.25) is 0 Å². The Balaban J connectivity index is 1.34. The Labute approximate surface area is 245 Å². The van der Waals surface area contributed by atoms with E-state index >= 15 is 0 Å². The third kappa shape index (κ3) is 8.51. The first-order valence-corrected chi connectivity index (χ1v) is 13.8. The van der Waals surface area contributed by atoms with Gasteiger partial charge in [0.05, 0.1) is 35.0 Å². The van der Waals surface area contributed by atoms with Crippen molar-refractivity contribution in [2.45, 2.75) is 26.1 Å². The van der Waals surface area contributed by atoms with E-state index in [1.807, 2.05) is 6.92 Å². The lowest BCUT2D eigenvalue weighted by Gasteiger charge is -2.15. The van der Waals surface area contributed by atoms with E-state index in [9.17, 15) is 22.4 Å². The first-order valence-electron chi connectivity index (χ1n) is 12.2. The molecule has 0 bridgehead atoms. The Morgan fingerprint density at radius 1 is 1.12 bits per heavy atom. The number of carbonyl (C=O) groups is 1. The van der Waals surface area contributed by atoms with Gasteiger partial charge in [0, 0.05) is 16.6 Å². The lowest BCUT2D eigenvalue weighted by Crippen LogP contribution is -2.20. The predicted molar refractivity (Wildman–Crippen MR) is 152 cm³/mol. The molecule has 13 heteroatoms. The Kier molecular flexibility index (Phi) is 9.95. The van der Waals surface area contributed by atoms with Crippen LogP contribution in [0.3, 0.4) is 0 Å². The zero-order valence-corrected chi connectivity index (χ0v) is 23.9. The number of amides is 1. The zero-order valence-electron chi connectivity index (χ0n) is 21.5. The Morgan fingerprint density at radius 2 is 1.93 bits per heavy atom. The van der Waals surface area contributed by atoms with E-state index in [2.05, 4.69) is 36.8 Å². The van der Waals surface area contributed by atoms with Crippen LogP contribution in [-0.4, -0.2) is 23.7 Å². The molecule has 0 aliphatic rings. The first kappa shape index (κ1) is 30.0. The number of aromatic nitrogens is 1. The number of halogens is 5. The van der Waals surface area contributed by atoms with Gasteiger partial charge in [0.1, 0.15) is 12.4 Å². The molecule has 3 aromatic carbocycles. The van der Waals surface area contributed by atoms with E-state index in [4.69, 9.17) is 9.47 Å². The molecule has 0 unspecified atom stereocenters. The summed E-state index contributed by atoms with van der Waals surface area (Å²) in [6.45, 7) is 2.18. The van der Waals surface area contributed by atoms with Crippen LogP contribution in [0.15, 0.2) is 75.6 Å². The van der Waals surface area contributed by atoms with Gasteiger partial charge >= 0.3 is 6.18 Å². The molecule has 0 saturated carbocycles. The SMILES string of the molecule is CCOc1cc(/C=N\NC(=O)Cc2csc(Nc3cccc(C(F)(F)F)c3)n2)cc(Br)c1OCc1ccccc1F. The van der Waals surface area contributed by atoms with Crippen molar-refractivity contribution in [2.75, 3.05) is 11.9 Å². The van der Waals surface area contributed by atoms with Gasteiger partial charge in [-0.25, -0.2) is 14.8 Å². The molecule has 1 aromatic heterocycles. The van der Waals surface area contributed by atoms with Gasteiger partial charge in [-0.1, -0.05) is 24.3 Å². The summed E-state index contributed by atoms with van der Waals surface area (Å²) in [4.78, 5) is 16.6. The van der Waals surface area contributed by atoms with Gasteiger partial charge in [-0.3, -0.25) is 4.79 Å². The predicted octanol–water partition coefficient (Wildman–Crippen LogP) is 7.48. The van der Waals surface area contributed by atoms with Gasteiger partial charge in [-0.15, -0.1) is 11.3 Å². The van der Waals surface area contributed by atoms with E-state index < -0.39 is 17.6 Å². The zero-order chi connectivity index (χ0) is 29.4. The van der Waals surface area contributed by atoms with Crippen LogP contribution >= 0.6 is 27.3 Å². The largest absolute Gasteiger partial charge is 0.490 e. The number of nitrogens with zero attached hydrogens (tertiary/aromatic N) is 2. The summed E-state index contributed by atoms with van der Waals surface area (Å²) in [7, 11) is 0. The van der Waals surface area contributed by atoms with E-state index in [1.165, 1.54) is 24.4 Å². The first-order chi connectivity index (χ1) is 19.6. The Bertz CT molecular complexity index is 1550. The molecule has 1 heterocycles. The summed E-state index contributed by atoms with van der Waals surface area (Å²) in [5.74, 6) is -0.00308. The summed E-state index contributed by atoms with van der Waals surface area (Å²) in [5.41, 5.74) is 3.30. The lowest BCUT2D eigenvalue weighted by atomic mass is 10.2. The summed E-state index contributed by atoms with van der Waals surface area (Å²) in [6.07, 6.45) is -3.12. The molecule has 41 heavy (non-hydrogen) atoms. The van der Waals surface area contributed by atoms with E-state index in [1.54, 1.807) is 35.7 Å². The van der Waals surface area contributed by atoms with Crippen LogP contribution in [0.4, 0.5) is 28.4 Å². The molecule has 0 aliphatic heterocycles. The normalized spacial score (nSPS) is 11.5. The molecule has 7 nitrogen and oxygen atoms in total. The summed E-state index contributed by atoms with van der Waals surface area (Å²) in [6, 6.07) is 14.5. The van der Waals surface area contributed by atoms with Crippen LogP contribution in [0, 0.1) is 5.82 Å². The third-order valence-corrected chi connectivity index (χ3v) is 6.79. The Morgan fingerprint density at radius 3 is 2.68 bits per heavy atom. The quantitative estimate of drug-likeness (QED) is 0.0999. The van der Waals surface area contributed by atoms with Gasteiger partial charge in [-0.2, -0.15) is 18.3 Å². The van der Waals surface area contributed by atoms with Gasteiger partial charge in [0.25, 0.3) is 0 Å². The maximum atomic E-state index is 14.0. The van der Waals surface area contributed by atoms with Crippen LogP contribution < -0.4 is 20.2 Å². The third-order valence-electron chi connectivity index (χ3n) is 5.40. The molecular formula is C28H23BrF4N4O3S. The smallest absolute Gasteiger partial charge is 0.416 e. The molecule has 0 atom stereocenters. The van der Waals surface area contributed by atoms with Crippen molar-refractivity contribution >= 4 is 50.2 Å². The minimum atomic E-state index is -4.45. The van der Waals surface area contributed by atoms with Crippen LogP contribution in [0.1, 0.15) is 29.3 Å². The molecule has 4 aromatic rings. The van der Waals surface area contributed by atoms with Crippen molar-refractivity contribution in [3.63, 3.8) is 0 Å². The average Bonchev–Trinajstić information content (AvgIpc) is 3.35. The standard InChI is InChI=1S/C28H23BrF4N4O3S/c1-2-39-24-11-17(10-22(29)26(24)40-15-18-6-3-4-9-23(18)30)14-34-37-25(38)13-21-16-41-27(36-21)35-20-8-5-7-19(12-20)28(31,32)33/h3-12,14,16H,2,13,15H2,1H3,(H,35,36)(H,37,38)/b34-14-. The molecule has 0 aliphatic carbocycles. The molecule has 0 saturated heterocycles. The van der Waals surface area contributed by atoms with Gasteiger partial charge in [0.15, 0.2) is 16.6 Å². The number of alkyl halides is 3.